The number of carbonyl (C=O) groups excluding carboxylic acids is 1. The van der Waals surface area contributed by atoms with E-state index in [-0.39, 0.29) is 12.1 Å². The standard InChI is InChI=1S/C13H14O4/c14-13-3-1-2-9-6-10(4-5-12(9)17-13)15-7-11-8-16-11/h4-6,11H,1-3,7-8H2. The van der Waals surface area contributed by atoms with Crippen LogP contribution in [0.2, 0.25) is 0 Å². The monoisotopic (exact) mass is 234 g/mol. The van der Waals surface area contributed by atoms with Crippen LogP contribution in [0.5, 0.6) is 11.5 Å². The van der Waals surface area contributed by atoms with E-state index in [0.29, 0.717) is 18.8 Å². The van der Waals surface area contributed by atoms with Crippen LogP contribution < -0.4 is 9.47 Å². The van der Waals surface area contributed by atoms with E-state index in [0.717, 1.165) is 30.8 Å². The summed E-state index contributed by atoms with van der Waals surface area (Å²) in [6, 6.07) is 5.60. The topological polar surface area (TPSA) is 48.1 Å². The molecule has 0 N–H and O–H groups in total. The Morgan fingerprint density at radius 1 is 1.35 bits per heavy atom. The molecule has 0 saturated carbocycles. The molecule has 0 aromatic heterocycles. The summed E-state index contributed by atoms with van der Waals surface area (Å²) in [4.78, 5) is 11.3. The van der Waals surface area contributed by atoms with Crippen molar-refractivity contribution in [1.29, 1.82) is 0 Å². The Bertz CT molecular complexity index is 437. The van der Waals surface area contributed by atoms with Crippen LogP contribution in [0.3, 0.4) is 0 Å². The lowest BCUT2D eigenvalue weighted by Gasteiger charge is -2.09. The fraction of sp³-hybridized carbons (Fsp3) is 0.462. The van der Waals surface area contributed by atoms with E-state index in [1.54, 1.807) is 0 Å². The highest BCUT2D eigenvalue weighted by Crippen LogP contribution is 2.29. The number of benzene rings is 1. The third kappa shape index (κ3) is 2.58. The molecule has 1 unspecified atom stereocenters. The highest BCUT2D eigenvalue weighted by Gasteiger charge is 2.23. The summed E-state index contributed by atoms with van der Waals surface area (Å²) in [6.07, 6.45) is 2.44. The zero-order chi connectivity index (χ0) is 11.7. The minimum atomic E-state index is -0.149. The molecule has 0 amide bonds. The fourth-order valence-electron chi connectivity index (χ4n) is 1.89. The summed E-state index contributed by atoms with van der Waals surface area (Å²) in [5.41, 5.74) is 1.05. The molecule has 1 fully saturated rings. The second kappa shape index (κ2) is 4.37. The second-order valence-corrected chi connectivity index (χ2v) is 4.36. The molecule has 0 radical (unpaired) electrons. The Hall–Kier alpha value is -1.55. The van der Waals surface area contributed by atoms with Gasteiger partial charge in [0.05, 0.1) is 6.61 Å². The molecule has 0 spiro atoms. The van der Waals surface area contributed by atoms with E-state index in [9.17, 15) is 4.79 Å². The first kappa shape index (κ1) is 10.6. The van der Waals surface area contributed by atoms with Gasteiger partial charge >= 0.3 is 5.97 Å². The van der Waals surface area contributed by atoms with Crippen LogP contribution in [0.1, 0.15) is 18.4 Å². The summed E-state index contributed by atoms with van der Waals surface area (Å²) < 4.78 is 15.9. The predicted octanol–water partition coefficient (Wildman–Crippen LogP) is 1.71. The van der Waals surface area contributed by atoms with Gasteiger partial charge in [-0.2, -0.15) is 0 Å². The molecular weight excluding hydrogens is 220 g/mol. The first-order valence-corrected chi connectivity index (χ1v) is 5.89. The molecule has 90 valence electrons. The molecule has 1 aromatic carbocycles. The molecule has 2 aliphatic heterocycles. The van der Waals surface area contributed by atoms with E-state index < -0.39 is 0 Å². The first-order valence-electron chi connectivity index (χ1n) is 5.89. The van der Waals surface area contributed by atoms with Gasteiger partial charge in [0.2, 0.25) is 0 Å². The van der Waals surface area contributed by atoms with Gasteiger partial charge in [-0.25, -0.2) is 0 Å². The first-order chi connectivity index (χ1) is 8.31. The summed E-state index contributed by atoms with van der Waals surface area (Å²) in [5, 5.41) is 0. The van der Waals surface area contributed by atoms with E-state index >= 15 is 0 Å². The average Bonchev–Trinajstić information content (AvgIpc) is 3.12. The number of epoxide rings is 1. The van der Waals surface area contributed by atoms with Gasteiger partial charge in [0.15, 0.2) is 0 Å². The largest absolute Gasteiger partial charge is 0.491 e. The van der Waals surface area contributed by atoms with Gasteiger partial charge in [-0.05, 0) is 36.6 Å². The Kier molecular flexibility index (Phi) is 2.73. The molecule has 1 atom stereocenters. The average molecular weight is 234 g/mol. The lowest BCUT2D eigenvalue weighted by molar-refractivity contribution is -0.134. The van der Waals surface area contributed by atoms with Gasteiger partial charge in [0.1, 0.15) is 24.2 Å². The zero-order valence-corrected chi connectivity index (χ0v) is 9.48. The van der Waals surface area contributed by atoms with Crippen LogP contribution in [0.4, 0.5) is 0 Å². The molecule has 0 bridgehead atoms. The third-order valence-electron chi connectivity index (χ3n) is 2.92. The molecule has 3 rings (SSSR count). The minimum Gasteiger partial charge on any atom is -0.491 e. The summed E-state index contributed by atoms with van der Waals surface area (Å²) in [6.45, 7) is 1.39. The van der Waals surface area contributed by atoms with Crippen molar-refractivity contribution in [3.8, 4) is 11.5 Å². The number of hydrogen-bond acceptors (Lipinski definition) is 4. The highest BCUT2D eigenvalue weighted by molar-refractivity contribution is 5.73. The molecule has 17 heavy (non-hydrogen) atoms. The summed E-state index contributed by atoms with van der Waals surface area (Å²) in [5.74, 6) is 1.34. The van der Waals surface area contributed by atoms with Crippen LogP contribution in [-0.4, -0.2) is 25.3 Å². The maximum atomic E-state index is 11.3. The number of rotatable bonds is 3. The van der Waals surface area contributed by atoms with Crippen molar-refractivity contribution in [1.82, 2.24) is 0 Å². The number of carbonyl (C=O) groups is 1. The van der Waals surface area contributed by atoms with Crippen LogP contribution in [0.15, 0.2) is 18.2 Å². The molecule has 4 nitrogen and oxygen atoms in total. The number of aryl methyl sites for hydroxylation is 1. The van der Waals surface area contributed by atoms with E-state index in [1.165, 1.54) is 0 Å². The maximum absolute atomic E-state index is 11.3. The van der Waals surface area contributed by atoms with Crippen LogP contribution in [-0.2, 0) is 16.0 Å². The fourth-order valence-corrected chi connectivity index (χ4v) is 1.89. The number of fused-ring (bicyclic) bond motifs is 1. The Morgan fingerprint density at radius 3 is 3.06 bits per heavy atom. The predicted molar refractivity (Wildman–Crippen MR) is 60.3 cm³/mol. The Labute approximate surface area is 99.5 Å². The van der Waals surface area contributed by atoms with Crippen molar-refractivity contribution in [2.75, 3.05) is 13.2 Å². The SMILES string of the molecule is O=C1CCCc2cc(OCC3CO3)ccc2O1. The van der Waals surface area contributed by atoms with Gasteiger partial charge in [0, 0.05) is 6.42 Å². The smallest absolute Gasteiger partial charge is 0.311 e. The quantitative estimate of drug-likeness (QED) is 0.454. The number of esters is 1. The number of ether oxygens (including phenoxy) is 3. The molecule has 0 aliphatic carbocycles. The molecule has 4 heteroatoms. The van der Waals surface area contributed by atoms with Gasteiger partial charge in [-0.1, -0.05) is 0 Å². The van der Waals surface area contributed by atoms with Crippen LogP contribution in [0, 0.1) is 0 Å². The van der Waals surface area contributed by atoms with Crippen LogP contribution in [0.25, 0.3) is 0 Å². The molecular formula is C13H14O4. The Balaban J connectivity index is 1.74. The van der Waals surface area contributed by atoms with Crippen molar-refractivity contribution in [3.05, 3.63) is 23.8 Å². The lowest BCUT2D eigenvalue weighted by atomic mass is 10.1. The zero-order valence-electron chi connectivity index (χ0n) is 9.48. The minimum absolute atomic E-state index is 0.149. The molecule has 1 saturated heterocycles. The van der Waals surface area contributed by atoms with Crippen molar-refractivity contribution < 1.29 is 19.0 Å². The van der Waals surface area contributed by atoms with Gasteiger partial charge in [-0.15, -0.1) is 0 Å². The summed E-state index contributed by atoms with van der Waals surface area (Å²) >= 11 is 0. The highest BCUT2D eigenvalue weighted by atomic mass is 16.6. The van der Waals surface area contributed by atoms with E-state index in [2.05, 4.69) is 0 Å². The second-order valence-electron chi connectivity index (χ2n) is 4.36. The number of hydrogen-bond donors (Lipinski definition) is 0. The van der Waals surface area contributed by atoms with E-state index in [1.807, 2.05) is 18.2 Å². The van der Waals surface area contributed by atoms with Gasteiger partial charge in [0.25, 0.3) is 0 Å². The van der Waals surface area contributed by atoms with Crippen molar-refractivity contribution in [3.63, 3.8) is 0 Å². The lowest BCUT2D eigenvalue weighted by Crippen LogP contribution is -2.06. The third-order valence-corrected chi connectivity index (χ3v) is 2.92. The molecule has 1 aromatic rings. The van der Waals surface area contributed by atoms with Crippen molar-refractivity contribution in [2.45, 2.75) is 25.4 Å². The van der Waals surface area contributed by atoms with Gasteiger partial charge in [-0.3, -0.25) is 4.79 Å². The molecule has 2 heterocycles. The normalized spacial score (nSPS) is 22.4. The Morgan fingerprint density at radius 2 is 2.24 bits per heavy atom. The van der Waals surface area contributed by atoms with Crippen molar-refractivity contribution in [2.24, 2.45) is 0 Å². The molecule has 2 aliphatic rings. The van der Waals surface area contributed by atoms with Gasteiger partial charge < -0.3 is 14.2 Å². The maximum Gasteiger partial charge on any atom is 0.311 e. The van der Waals surface area contributed by atoms with E-state index in [4.69, 9.17) is 14.2 Å². The summed E-state index contributed by atoms with van der Waals surface area (Å²) in [7, 11) is 0. The van der Waals surface area contributed by atoms with Crippen molar-refractivity contribution >= 4 is 5.97 Å². The van der Waals surface area contributed by atoms with Crippen LogP contribution >= 0.6 is 0 Å².